The molecule has 0 fully saturated rings. The maximum Gasteiger partial charge on any atom is 0.0821 e. The molecule has 0 saturated heterocycles. The summed E-state index contributed by atoms with van der Waals surface area (Å²) in [6.45, 7) is 0.664. The molecule has 0 spiro atoms. The molecule has 2 rings (SSSR count). The van der Waals surface area contributed by atoms with Crippen LogP contribution < -0.4 is 11.1 Å². The molecule has 0 aliphatic heterocycles. The zero-order valence-corrected chi connectivity index (χ0v) is 8.22. The third-order valence-electron chi connectivity index (χ3n) is 2.01. The molecule has 1 heterocycles. The summed E-state index contributed by atoms with van der Waals surface area (Å²) in [7, 11) is 0. The lowest BCUT2D eigenvalue weighted by Gasteiger charge is -2.05. The quantitative estimate of drug-likeness (QED) is 0.740. The summed E-state index contributed by atoms with van der Waals surface area (Å²) in [6, 6.07) is 11.4. The van der Waals surface area contributed by atoms with Crippen LogP contribution in [0.4, 0.5) is 11.4 Å². The normalized spacial score (nSPS) is 9.87. The molecule has 4 nitrogen and oxygen atoms in total. The number of anilines is 2. The first-order chi connectivity index (χ1) is 7.34. The Morgan fingerprint density at radius 2 is 1.93 bits per heavy atom. The number of nitrogens with two attached hydrogens (primary N) is 1. The number of hydrogen-bond acceptors (Lipinski definition) is 4. The molecule has 0 saturated carbocycles. The van der Waals surface area contributed by atoms with Crippen LogP contribution in [0.2, 0.25) is 0 Å². The maximum atomic E-state index is 5.58. The van der Waals surface area contributed by atoms with Crippen molar-refractivity contribution < 1.29 is 0 Å². The molecule has 0 aliphatic rings. The number of hydrogen-bond donors (Lipinski definition) is 2. The van der Waals surface area contributed by atoms with E-state index in [1.54, 1.807) is 6.20 Å². The summed E-state index contributed by atoms with van der Waals surface area (Å²) >= 11 is 0. The van der Waals surface area contributed by atoms with E-state index >= 15 is 0 Å². The fraction of sp³-hybridized carbons (Fsp3) is 0.0909. The minimum Gasteiger partial charge on any atom is -0.399 e. The number of rotatable bonds is 3. The number of nitrogens with zero attached hydrogens (tertiary/aromatic N) is 2. The molecule has 1 aromatic heterocycles. The topological polar surface area (TPSA) is 63.8 Å². The van der Waals surface area contributed by atoms with E-state index in [-0.39, 0.29) is 0 Å². The molecule has 2 aromatic rings. The Kier molecular flexibility index (Phi) is 2.78. The summed E-state index contributed by atoms with van der Waals surface area (Å²) < 4.78 is 0. The van der Waals surface area contributed by atoms with Crippen LogP contribution in [0.5, 0.6) is 0 Å². The van der Waals surface area contributed by atoms with Crippen LogP contribution in [0.1, 0.15) is 5.69 Å². The molecule has 0 amide bonds. The van der Waals surface area contributed by atoms with Crippen molar-refractivity contribution in [1.29, 1.82) is 0 Å². The van der Waals surface area contributed by atoms with Gasteiger partial charge in [0, 0.05) is 17.6 Å². The first-order valence-electron chi connectivity index (χ1n) is 4.70. The second-order valence-corrected chi connectivity index (χ2v) is 3.19. The zero-order chi connectivity index (χ0) is 10.5. The molecular formula is C11H12N4. The van der Waals surface area contributed by atoms with Gasteiger partial charge in [-0.2, -0.15) is 10.2 Å². The predicted molar refractivity (Wildman–Crippen MR) is 60.2 cm³/mol. The Morgan fingerprint density at radius 1 is 1.13 bits per heavy atom. The second-order valence-electron chi connectivity index (χ2n) is 3.19. The first kappa shape index (κ1) is 9.45. The van der Waals surface area contributed by atoms with Crippen molar-refractivity contribution in [3.8, 4) is 0 Å². The molecule has 3 N–H and O–H groups in total. The summed E-state index contributed by atoms with van der Waals surface area (Å²) in [5.41, 5.74) is 8.28. The molecule has 0 aliphatic carbocycles. The fourth-order valence-corrected chi connectivity index (χ4v) is 1.22. The highest BCUT2D eigenvalue weighted by molar-refractivity contribution is 5.51. The Bertz CT molecular complexity index is 410. The van der Waals surface area contributed by atoms with Gasteiger partial charge in [0.1, 0.15) is 0 Å². The lowest BCUT2D eigenvalue weighted by atomic mass is 10.3. The van der Waals surface area contributed by atoms with Crippen molar-refractivity contribution in [2.24, 2.45) is 0 Å². The summed E-state index contributed by atoms with van der Waals surface area (Å²) in [6.07, 6.45) is 1.66. The van der Waals surface area contributed by atoms with Gasteiger partial charge in [0.25, 0.3) is 0 Å². The van der Waals surface area contributed by atoms with Gasteiger partial charge in [0.15, 0.2) is 0 Å². The van der Waals surface area contributed by atoms with E-state index in [0.29, 0.717) is 6.54 Å². The van der Waals surface area contributed by atoms with Gasteiger partial charge in [-0.1, -0.05) is 0 Å². The minimum absolute atomic E-state index is 0.664. The Hall–Kier alpha value is -2.10. The molecule has 4 heteroatoms. The van der Waals surface area contributed by atoms with Crippen LogP contribution in [0.3, 0.4) is 0 Å². The van der Waals surface area contributed by atoms with Crippen molar-refractivity contribution in [2.75, 3.05) is 11.1 Å². The third-order valence-corrected chi connectivity index (χ3v) is 2.01. The van der Waals surface area contributed by atoms with Crippen LogP contribution in [0.15, 0.2) is 42.6 Å². The highest BCUT2D eigenvalue weighted by atomic mass is 15.1. The molecular weight excluding hydrogens is 188 g/mol. The van der Waals surface area contributed by atoms with Gasteiger partial charge in [-0.15, -0.1) is 0 Å². The molecule has 0 unspecified atom stereocenters. The standard InChI is InChI=1S/C11H12N4/c12-9-3-5-10(6-4-9)13-8-11-2-1-7-14-15-11/h1-7,13H,8,12H2. The Labute approximate surface area is 88.2 Å². The van der Waals surface area contributed by atoms with Crippen molar-refractivity contribution in [3.63, 3.8) is 0 Å². The number of nitrogen functional groups attached to an aromatic ring is 1. The van der Waals surface area contributed by atoms with Crippen LogP contribution in [-0.4, -0.2) is 10.2 Å². The number of aromatic nitrogens is 2. The van der Waals surface area contributed by atoms with E-state index in [4.69, 9.17) is 5.73 Å². The Morgan fingerprint density at radius 3 is 2.60 bits per heavy atom. The molecule has 15 heavy (non-hydrogen) atoms. The van der Waals surface area contributed by atoms with Crippen molar-refractivity contribution in [2.45, 2.75) is 6.54 Å². The number of nitrogens with one attached hydrogen (secondary N) is 1. The van der Waals surface area contributed by atoms with E-state index in [1.807, 2.05) is 36.4 Å². The second kappa shape index (κ2) is 4.41. The molecule has 76 valence electrons. The lowest BCUT2D eigenvalue weighted by Crippen LogP contribution is -2.02. The van der Waals surface area contributed by atoms with Crippen LogP contribution in [-0.2, 0) is 6.54 Å². The zero-order valence-electron chi connectivity index (χ0n) is 8.22. The van der Waals surface area contributed by atoms with Crippen LogP contribution in [0.25, 0.3) is 0 Å². The lowest BCUT2D eigenvalue weighted by molar-refractivity contribution is 0.925. The summed E-state index contributed by atoms with van der Waals surface area (Å²) in [4.78, 5) is 0. The minimum atomic E-state index is 0.664. The van der Waals surface area contributed by atoms with Gasteiger partial charge in [0.2, 0.25) is 0 Å². The largest absolute Gasteiger partial charge is 0.399 e. The molecule has 0 bridgehead atoms. The van der Waals surface area contributed by atoms with E-state index < -0.39 is 0 Å². The fourth-order valence-electron chi connectivity index (χ4n) is 1.22. The monoisotopic (exact) mass is 200 g/mol. The highest BCUT2D eigenvalue weighted by Gasteiger charge is 1.94. The van der Waals surface area contributed by atoms with Gasteiger partial charge in [0.05, 0.1) is 12.2 Å². The van der Waals surface area contributed by atoms with E-state index in [1.165, 1.54) is 0 Å². The van der Waals surface area contributed by atoms with Gasteiger partial charge in [-0.25, -0.2) is 0 Å². The summed E-state index contributed by atoms with van der Waals surface area (Å²) in [5.74, 6) is 0. The molecule has 1 aromatic carbocycles. The molecule has 0 radical (unpaired) electrons. The highest BCUT2D eigenvalue weighted by Crippen LogP contribution is 2.11. The van der Waals surface area contributed by atoms with Gasteiger partial charge in [-0.3, -0.25) is 0 Å². The van der Waals surface area contributed by atoms with Crippen LogP contribution >= 0.6 is 0 Å². The first-order valence-corrected chi connectivity index (χ1v) is 4.70. The van der Waals surface area contributed by atoms with E-state index in [9.17, 15) is 0 Å². The third kappa shape index (κ3) is 2.67. The SMILES string of the molecule is Nc1ccc(NCc2cccnn2)cc1. The summed E-state index contributed by atoms with van der Waals surface area (Å²) in [5, 5.41) is 11.0. The number of benzene rings is 1. The van der Waals surface area contributed by atoms with Crippen molar-refractivity contribution in [1.82, 2.24) is 10.2 Å². The van der Waals surface area contributed by atoms with Gasteiger partial charge in [-0.05, 0) is 36.4 Å². The van der Waals surface area contributed by atoms with Gasteiger partial charge < -0.3 is 11.1 Å². The van der Waals surface area contributed by atoms with Crippen molar-refractivity contribution in [3.05, 3.63) is 48.3 Å². The van der Waals surface area contributed by atoms with E-state index in [0.717, 1.165) is 17.1 Å². The average molecular weight is 200 g/mol. The van der Waals surface area contributed by atoms with Crippen molar-refractivity contribution >= 4 is 11.4 Å². The van der Waals surface area contributed by atoms with E-state index in [2.05, 4.69) is 15.5 Å². The average Bonchev–Trinajstić information content (AvgIpc) is 2.30. The Balaban J connectivity index is 1.96. The predicted octanol–water partition coefficient (Wildman–Crippen LogP) is 1.67. The van der Waals surface area contributed by atoms with Gasteiger partial charge >= 0.3 is 0 Å². The smallest absolute Gasteiger partial charge is 0.0821 e. The maximum absolute atomic E-state index is 5.58. The van der Waals surface area contributed by atoms with Crippen LogP contribution in [0, 0.1) is 0 Å². The molecule has 0 atom stereocenters.